The van der Waals surface area contributed by atoms with Crippen LogP contribution in [-0.4, -0.2) is 16.9 Å². The molecule has 0 radical (unpaired) electrons. The SMILES string of the molecule is CC(C)NC(=O)c1ccc(Nc2ccc(Cl)c(C(F)(F)F)c2)nc1. The summed E-state index contributed by atoms with van der Waals surface area (Å²) in [6.45, 7) is 3.67. The normalized spacial score (nSPS) is 11.5. The molecule has 8 heteroatoms. The largest absolute Gasteiger partial charge is 0.417 e. The van der Waals surface area contributed by atoms with E-state index < -0.39 is 11.7 Å². The van der Waals surface area contributed by atoms with Crippen molar-refractivity contribution in [1.29, 1.82) is 0 Å². The molecule has 0 unspecified atom stereocenters. The molecule has 2 N–H and O–H groups in total. The third kappa shape index (κ3) is 4.61. The number of carbonyl (C=O) groups is 1. The first-order valence-corrected chi connectivity index (χ1v) is 7.45. The molecule has 0 aliphatic carbocycles. The van der Waals surface area contributed by atoms with Gasteiger partial charge in [0.15, 0.2) is 0 Å². The predicted octanol–water partition coefficient (Wildman–Crippen LogP) is 4.64. The first kappa shape index (κ1) is 18.1. The zero-order valence-electron chi connectivity index (χ0n) is 12.9. The average molecular weight is 358 g/mol. The van der Waals surface area contributed by atoms with Crippen molar-refractivity contribution < 1.29 is 18.0 Å². The van der Waals surface area contributed by atoms with Crippen LogP contribution in [0.5, 0.6) is 0 Å². The number of aromatic nitrogens is 1. The number of halogens is 4. The molecule has 0 bridgehead atoms. The topological polar surface area (TPSA) is 54.0 Å². The van der Waals surface area contributed by atoms with Gasteiger partial charge in [-0.3, -0.25) is 4.79 Å². The molecule has 1 heterocycles. The molecule has 0 saturated carbocycles. The number of rotatable bonds is 4. The monoisotopic (exact) mass is 357 g/mol. The second kappa shape index (κ2) is 7.09. The van der Waals surface area contributed by atoms with Crippen molar-refractivity contribution in [2.45, 2.75) is 26.1 Å². The molecule has 0 atom stereocenters. The summed E-state index contributed by atoms with van der Waals surface area (Å²) < 4.78 is 38.5. The maximum Gasteiger partial charge on any atom is 0.417 e. The molecule has 0 aliphatic rings. The lowest BCUT2D eigenvalue weighted by Crippen LogP contribution is -2.30. The highest BCUT2D eigenvalue weighted by Gasteiger charge is 2.33. The number of benzene rings is 1. The van der Waals surface area contributed by atoms with Crippen LogP contribution in [-0.2, 0) is 6.18 Å². The Hall–Kier alpha value is -2.28. The molecule has 0 fully saturated rings. The summed E-state index contributed by atoms with van der Waals surface area (Å²) in [5.74, 6) is 0.0430. The highest BCUT2D eigenvalue weighted by Crippen LogP contribution is 2.36. The highest BCUT2D eigenvalue weighted by molar-refractivity contribution is 6.31. The molecule has 24 heavy (non-hydrogen) atoms. The minimum Gasteiger partial charge on any atom is -0.350 e. The Morgan fingerprint density at radius 1 is 1.21 bits per heavy atom. The van der Waals surface area contributed by atoms with Crippen molar-refractivity contribution in [2.75, 3.05) is 5.32 Å². The maximum atomic E-state index is 12.8. The lowest BCUT2D eigenvalue weighted by molar-refractivity contribution is -0.137. The fourth-order valence-corrected chi connectivity index (χ4v) is 2.14. The number of amides is 1. The van der Waals surface area contributed by atoms with Gasteiger partial charge in [0, 0.05) is 17.9 Å². The number of nitrogens with zero attached hydrogens (tertiary/aromatic N) is 1. The van der Waals surface area contributed by atoms with Gasteiger partial charge in [0.25, 0.3) is 5.91 Å². The summed E-state index contributed by atoms with van der Waals surface area (Å²) in [4.78, 5) is 15.8. The van der Waals surface area contributed by atoms with Crippen LogP contribution in [0.25, 0.3) is 0 Å². The lowest BCUT2D eigenvalue weighted by atomic mass is 10.2. The van der Waals surface area contributed by atoms with E-state index in [0.717, 1.165) is 12.1 Å². The Labute approximate surface area is 142 Å². The Morgan fingerprint density at radius 2 is 1.92 bits per heavy atom. The molecule has 128 valence electrons. The first-order chi connectivity index (χ1) is 11.2. The van der Waals surface area contributed by atoms with Crippen LogP contribution in [0.1, 0.15) is 29.8 Å². The van der Waals surface area contributed by atoms with E-state index in [1.807, 2.05) is 13.8 Å². The fourth-order valence-electron chi connectivity index (χ4n) is 1.92. The average Bonchev–Trinajstić information content (AvgIpc) is 2.48. The number of alkyl halides is 3. The van der Waals surface area contributed by atoms with Crippen LogP contribution in [0, 0.1) is 0 Å². The van der Waals surface area contributed by atoms with Crippen LogP contribution in [0.15, 0.2) is 36.5 Å². The van der Waals surface area contributed by atoms with Crippen molar-refractivity contribution >= 4 is 29.0 Å². The van der Waals surface area contributed by atoms with E-state index >= 15 is 0 Å². The van der Waals surface area contributed by atoms with Crippen LogP contribution < -0.4 is 10.6 Å². The molecule has 1 aromatic carbocycles. The van der Waals surface area contributed by atoms with Gasteiger partial charge in [-0.15, -0.1) is 0 Å². The van der Waals surface area contributed by atoms with Crippen LogP contribution in [0.3, 0.4) is 0 Å². The van der Waals surface area contributed by atoms with Gasteiger partial charge in [-0.25, -0.2) is 4.98 Å². The molecule has 4 nitrogen and oxygen atoms in total. The third-order valence-electron chi connectivity index (χ3n) is 2.99. The minimum absolute atomic E-state index is 0.00911. The third-order valence-corrected chi connectivity index (χ3v) is 3.32. The summed E-state index contributed by atoms with van der Waals surface area (Å²) in [5, 5.41) is 5.10. The molecular weight excluding hydrogens is 343 g/mol. The minimum atomic E-state index is -4.54. The Bertz CT molecular complexity index is 730. The predicted molar refractivity (Wildman–Crippen MR) is 86.6 cm³/mol. The molecule has 2 aromatic rings. The van der Waals surface area contributed by atoms with Crippen molar-refractivity contribution in [1.82, 2.24) is 10.3 Å². The molecular formula is C16H15ClF3N3O. The lowest BCUT2D eigenvalue weighted by Gasteiger charge is -2.12. The zero-order valence-corrected chi connectivity index (χ0v) is 13.7. The fraction of sp³-hybridized carbons (Fsp3) is 0.250. The van der Waals surface area contributed by atoms with Crippen LogP contribution in [0.4, 0.5) is 24.7 Å². The number of nitrogens with one attached hydrogen (secondary N) is 2. The van der Waals surface area contributed by atoms with Gasteiger partial charge in [-0.1, -0.05) is 11.6 Å². The van der Waals surface area contributed by atoms with E-state index in [2.05, 4.69) is 15.6 Å². The van der Waals surface area contributed by atoms with E-state index in [4.69, 9.17) is 11.6 Å². The Morgan fingerprint density at radius 3 is 2.46 bits per heavy atom. The quantitative estimate of drug-likeness (QED) is 0.838. The van der Waals surface area contributed by atoms with Crippen molar-refractivity contribution in [3.05, 3.63) is 52.7 Å². The number of hydrogen-bond acceptors (Lipinski definition) is 3. The van der Waals surface area contributed by atoms with Crippen LogP contribution >= 0.6 is 11.6 Å². The van der Waals surface area contributed by atoms with E-state index in [-0.39, 0.29) is 22.7 Å². The van der Waals surface area contributed by atoms with E-state index in [0.29, 0.717) is 11.4 Å². The molecule has 1 amide bonds. The summed E-state index contributed by atoms with van der Waals surface area (Å²) in [7, 11) is 0. The molecule has 1 aromatic heterocycles. The van der Waals surface area contributed by atoms with Crippen LogP contribution in [0.2, 0.25) is 5.02 Å². The molecule has 0 spiro atoms. The number of hydrogen-bond donors (Lipinski definition) is 2. The highest BCUT2D eigenvalue weighted by atomic mass is 35.5. The van der Waals surface area contributed by atoms with Crippen molar-refractivity contribution in [2.24, 2.45) is 0 Å². The molecule has 0 aliphatic heterocycles. The second-order valence-electron chi connectivity index (χ2n) is 5.38. The number of pyridine rings is 1. The Balaban J connectivity index is 2.16. The first-order valence-electron chi connectivity index (χ1n) is 7.07. The summed E-state index contributed by atoms with van der Waals surface area (Å²) in [6, 6.07) is 6.52. The van der Waals surface area contributed by atoms with Gasteiger partial charge in [0.05, 0.1) is 16.1 Å². The summed E-state index contributed by atoms with van der Waals surface area (Å²) in [6.07, 6.45) is -3.19. The van der Waals surface area contributed by atoms with Gasteiger partial charge >= 0.3 is 6.18 Å². The zero-order chi connectivity index (χ0) is 17.9. The van der Waals surface area contributed by atoms with E-state index in [1.54, 1.807) is 0 Å². The van der Waals surface area contributed by atoms with Gasteiger partial charge < -0.3 is 10.6 Å². The van der Waals surface area contributed by atoms with Gasteiger partial charge in [-0.05, 0) is 44.2 Å². The number of carbonyl (C=O) groups excluding carboxylic acids is 1. The maximum absolute atomic E-state index is 12.8. The van der Waals surface area contributed by atoms with Crippen molar-refractivity contribution in [3.8, 4) is 0 Å². The van der Waals surface area contributed by atoms with E-state index in [9.17, 15) is 18.0 Å². The van der Waals surface area contributed by atoms with Gasteiger partial charge in [0.1, 0.15) is 5.82 Å². The molecule has 2 rings (SSSR count). The van der Waals surface area contributed by atoms with Gasteiger partial charge in [0.2, 0.25) is 0 Å². The van der Waals surface area contributed by atoms with E-state index in [1.165, 1.54) is 24.4 Å². The standard InChI is InChI=1S/C16H15ClF3N3O/c1-9(2)22-15(24)10-3-6-14(21-8-10)23-11-4-5-13(17)12(7-11)16(18,19)20/h3-9H,1-2H3,(H,21,23)(H,22,24). The Kier molecular flexibility index (Phi) is 5.33. The second-order valence-corrected chi connectivity index (χ2v) is 5.78. The summed E-state index contributed by atoms with van der Waals surface area (Å²) >= 11 is 5.57. The van der Waals surface area contributed by atoms with Gasteiger partial charge in [-0.2, -0.15) is 13.2 Å². The molecule has 0 saturated heterocycles. The smallest absolute Gasteiger partial charge is 0.350 e. The number of anilines is 2. The van der Waals surface area contributed by atoms with Crippen molar-refractivity contribution in [3.63, 3.8) is 0 Å². The summed E-state index contributed by atoms with van der Waals surface area (Å²) in [5.41, 5.74) is -0.373.